The molecule has 0 saturated carbocycles. The lowest BCUT2D eigenvalue weighted by atomic mass is 10.1. The van der Waals surface area contributed by atoms with Crippen molar-refractivity contribution in [1.29, 1.82) is 0 Å². The first-order chi connectivity index (χ1) is 11.6. The Morgan fingerprint density at radius 2 is 1.96 bits per heavy atom. The van der Waals surface area contributed by atoms with Gasteiger partial charge < -0.3 is 4.90 Å². The number of rotatable bonds is 2. The zero-order valence-electron chi connectivity index (χ0n) is 14.6. The lowest BCUT2D eigenvalue weighted by Gasteiger charge is -2.43. The molecule has 9 nitrogen and oxygen atoms in total. The van der Waals surface area contributed by atoms with Gasteiger partial charge in [0.05, 0.1) is 6.26 Å². The number of amides is 1. The third kappa shape index (κ3) is 2.95. The van der Waals surface area contributed by atoms with Gasteiger partial charge in [0.2, 0.25) is 10.0 Å². The van der Waals surface area contributed by atoms with Crippen LogP contribution in [0.2, 0.25) is 0 Å². The van der Waals surface area contributed by atoms with E-state index in [2.05, 4.69) is 10.1 Å². The number of carbonyl (C=O) groups excluding carboxylic acids is 1. The van der Waals surface area contributed by atoms with E-state index >= 15 is 0 Å². The number of H-pyrrole nitrogens is 1. The molecule has 136 valence electrons. The molecule has 1 saturated heterocycles. The molecule has 1 aliphatic heterocycles. The van der Waals surface area contributed by atoms with Crippen molar-refractivity contribution in [1.82, 2.24) is 23.8 Å². The van der Waals surface area contributed by atoms with Gasteiger partial charge in [0.25, 0.3) is 11.5 Å². The molecule has 0 aliphatic carbocycles. The van der Waals surface area contributed by atoms with Crippen molar-refractivity contribution in [3.8, 4) is 0 Å². The molecular formula is C15H21N5O4S. The standard InChI is InChI=1S/C15H21N5O4S/c1-9-7-13-16-8-12(15(22)20(13)17-9)14(21)18-5-6-19(25(4,23)24)11(3)10(18)2/h7-8,10-11,17H,5-6H2,1-4H3/t10-,11+/m0/s1. The third-order valence-electron chi connectivity index (χ3n) is 4.74. The first-order valence-corrected chi connectivity index (χ1v) is 9.81. The van der Waals surface area contributed by atoms with Crippen LogP contribution in [0.25, 0.3) is 5.65 Å². The van der Waals surface area contributed by atoms with Gasteiger partial charge in [0.1, 0.15) is 5.56 Å². The molecule has 1 N–H and O–H groups in total. The molecule has 3 heterocycles. The zero-order chi connectivity index (χ0) is 18.5. The number of sulfonamides is 1. The summed E-state index contributed by atoms with van der Waals surface area (Å²) in [6.07, 6.45) is 2.44. The summed E-state index contributed by atoms with van der Waals surface area (Å²) >= 11 is 0. The molecule has 2 aromatic rings. The van der Waals surface area contributed by atoms with Gasteiger partial charge in [-0.05, 0) is 20.8 Å². The molecular weight excluding hydrogens is 346 g/mol. The summed E-state index contributed by atoms with van der Waals surface area (Å²) < 4.78 is 26.3. The molecule has 2 aromatic heterocycles. The van der Waals surface area contributed by atoms with E-state index in [1.807, 2.05) is 0 Å². The Labute approximate surface area is 145 Å². The Morgan fingerprint density at radius 1 is 1.28 bits per heavy atom. The smallest absolute Gasteiger partial charge is 0.285 e. The fourth-order valence-electron chi connectivity index (χ4n) is 3.25. The first kappa shape index (κ1) is 17.6. The second-order valence-electron chi connectivity index (χ2n) is 6.46. The average molecular weight is 367 g/mol. The van der Waals surface area contributed by atoms with E-state index in [4.69, 9.17) is 0 Å². The van der Waals surface area contributed by atoms with Crippen LogP contribution in [0.5, 0.6) is 0 Å². The quantitative estimate of drug-likeness (QED) is 0.793. The van der Waals surface area contributed by atoms with Gasteiger partial charge in [0.15, 0.2) is 5.65 Å². The molecule has 1 amide bonds. The van der Waals surface area contributed by atoms with Crippen LogP contribution in [-0.2, 0) is 10.0 Å². The second kappa shape index (κ2) is 5.95. The van der Waals surface area contributed by atoms with Gasteiger partial charge in [-0.15, -0.1) is 0 Å². The van der Waals surface area contributed by atoms with Gasteiger partial charge in [-0.25, -0.2) is 17.9 Å². The molecule has 1 aliphatic rings. The fourth-order valence-corrected chi connectivity index (χ4v) is 4.44. The number of nitrogens with one attached hydrogen (secondary N) is 1. The Bertz CT molecular complexity index is 993. The van der Waals surface area contributed by atoms with Gasteiger partial charge in [-0.2, -0.15) is 4.31 Å². The van der Waals surface area contributed by atoms with Crippen LogP contribution < -0.4 is 5.56 Å². The summed E-state index contributed by atoms with van der Waals surface area (Å²) in [5.41, 5.74) is 0.708. The van der Waals surface area contributed by atoms with Crippen LogP contribution in [0.1, 0.15) is 29.9 Å². The van der Waals surface area contributed by atoms with E-state index in [0.717, 1.165) is 11.9 Å². The van der Waals surface area contributed by atoms with E-state index in [0.29, 0.717) is 5.65 Å². The monoisotopic (exact) mass is 367 g/mol. The molecule has 2 atom stereocenters. The predicted octanol–water partition coefficient (Wildman–Crippen LogP) is -0.175. The van der Waals surface area contributed by atoms with Crippen molar-refractivity contribution in [2.45, 2.75) is 32.9 Å². The van der Waals surface area contributed by atoms with Crippen LogP contribution in [0.4, 0.5) is 0 Å². The van der Waals surface area contributed by atoms with Crippen molar-refractivity contribution in [3.63, 3.8) is 0 Å². The Kier molecular flexibility index (Phi) is 4.20. The number of carbonyl (C=O) groups is 1. The van der Waals surface area contributed by atoms with E-state index in [1.165, 1.54) is 19.9 Å². The molecule has 0 spiro atoms. The summed E-state index contributed by atoms with van der Waals surface area (Å²) in [4.78, 5) is 31.1. The Morgan fingerprint density at radius 3 is 2.60 bits per heavy atom. The second-order valence-corrected chi connectivity index (χ2v) is 8.40. The number of nitrogens with zero attached hydrogens (tertiary/aromatic N) is 4. The topological polar surface area (TPSA) is 108 Å². The summed E-state index contributed by atoms with van der Waals surface area (Å²) in [6.45, 7) is 5.76. The zero-order valence-corrected chi connectivity index (χ0v) is 15.4. The van der Waals surface area contributed by atoms with E-state index in [-0.39, 0.29) is 30.7 Å². The molecule has 0 aromatic carbocycles. The number of hydrogen-bond donors (Lipinski definition) is 1. The maximum Gasteiger partial charge on any atom is 0.285 e. The highest BCUT2D eigenvalue weighted by Gasteiger charge is 2.38. The third-order valence-corrected chi connectivity index (χ3v) is 6.11. The summed E-state index contributed by atoms with van der Waals surface area (Å²) in [7, 11) is -3.34. The molecule has 0 bridgehead atoms. The predicted molar refractivity (Wildman–Crippen MR) is 92.1 cm³/mol. The van der Waals surface area contributed by atoms with Crippen molar-refractivity contribution in [3.05, 3.63) is 33.9 Å². The number of piperazine rings is 1. The van der Waals surface area contributed by atoms with Crippen LogP contribution in [0, 0.1) is 6.92 Å². The highest BCUT2D eigenvalue weighted by atomic mass is 32.2. The van der Waals surface area contributed by atoms with Crippen molar-refractivity contribution in [2.75, 3.05) is 19.3 Å². The highest BCUT2D eigenvalue weighted by Crippen LogP contribution is 2.21. The van der Waals surface area contributed by atoms with Gasteiger partial charge in [-0.3, -0.25) is 14.7 Å². The Hall–Kier alpha value is -2.20. The molecule has 10 heteroatoms. The molecule has 0 radical (unpaired) electrons. The van der Waals surface area contributed by atoms with Crippen LogP contribution >= 0.6 is 0 Å². The minimum Gasteiger partial charge on any atom is -0.333 e. The Balaban J connectivity index is 1.94. The minimum absolute atomic E-state index is 0.0359. The number of hydrogen-bond acceptors (Lipinski definition) is 5. The van der Waals surface area contributed by atoms with Crippen molar-refractivity contribution in [2.24, 2.45) is 0 Å². The summed E-state index contributed by atoms with van der Waals surface area (Å²) in [5, 5.41) is 2.86. The lowest BCUT2D eigenvalue weighted by Crippen LogP contribution is -2.60. The van der Waals surface area contributed by atoms with Gasteiger partial charge >= 0.3 is 0 Å². The summed E-state index contributed by atoms with van der Waals surface area (Å²) in [6, 6.07) is 0.979. The average Bonchev–Trinajstić information content (AvgIpc) is 2.90. The van der Waals surface area contributed by atoms with E-state index < -0.39 is 21.5 Å². The van der Waals surface area contributed by atoms with Crippen LogP contribution in [0.3, 0.4) is 0 Å². The molecule has 3 rings (SSSR count). The maximum absolute atomic E-state index is 12.9. The highest BCUT2D eigenvalue weighted by molar-refractivity contribution is 7.88. The molecule has 0 unspecified atom stereocenters. The molecule has 1 fully saturated rings. The van der Waals surface area contributed by atoms with Crippen molar-refractivity contribution < 1.29 is 13.2 Å². The van der Waals surface area contributed by atoms with Crippen molar-refractivity contribution >= 4 is 21.6 Å². The summed E-state index contributed by atoms with van der Waals surface area (Å²) in [5.74, 6) is -0.438. The lowest BCUT2D eigenvalue weighted by molar-refractivity contribution is 0.0481. The normalized spacial score (nSPS) is 22.5. The number of fused-ring (bicyclic) bond motifs is 1. The number of aryl methyl sites for hydroxylation is 1. The first-order valence-electron chi connectivity index (χ1n) is 7.96. The largest absolute Gasteiger partial charge is 0.333 e. The van der Waals surface area contributed by atoms with Crippen LogP contribution in [-0.4, -0.2) is 69.6 Å². The SMILES string of the molecule is Cc1cc2ncc(C(=O)N3CCN(S(C)(=O)=O)[C@H](C)[C@@H]3C)c(=O)n2[nH]1. The maximum atomic E-state index is 12.9. The molecule has 25 heavy (non-hydrogen) atoms. The van der Waals surface area contributed by atoms with E-state index in [1.54, 1.807) is 26.8 Å². The van der Waals surface area contributed by atoms with E-state index in [9.17, 15) is 18.0 Å². The van der Waals surface area contributed by atoms with Gasteiger partial charge in [0, 0.05) is 43.1 Å². The fraction of sp³-hybridized carbons (Fsp3) is 0.533. The van der Waals surface area contributed by atoms with Crippen LogP contribution in [0.15, 0.2) is 17.1 Å². The van der Waals surface area contributed by atoms with Gasteiger partial charge in [-0.1, -0.05) is 0 Å². The minimum atomic E-state index is -3.34. The number of aromatic amines is 1. The number of aromatic nitrogens is 3.